The molecule has 1 fully saturated rings. The number of primary amides is 2. The fourth-order valence-corrected chi connectivity index (χ4v) is 9.84. The van der Waals surface area contributed by atoms with Crippen molar-refractivity contribution in [2.75, 3.05) is 41.8 Å². The first-order chi connectivity index (χ1) is 36.8. The average Bonchev–Trinajstić information content (AvgIpc) is 3.98. The first-order valence-electron chi connectivity index (χ1n) is 24.9. The van der Waals surface area contributed by atoms with Gasteiger partial charge in [0, 0.05) is 68.2 Å². The normalized spacial score (nSPS) is 15.4. The van der Waals surface area contributed by atoms with Gasteiger partial charge in [0.2, 0.25) is 41.4 Å². The van der Waals surface area contributed by atoms with Crippen LogP contribution in [0.4, 0.5) is 25.0 Å². The number of imide groups is 1. The molecule has 0 spiro atoms. The molecule has 78 heavy (non-hydrogen) atoms. The van der Waals surface area contributed by atoms with E-state index in [2.05, 4.69) is 16.0 Å². The van der Waals surface area contributed by atoms with Crippen LogP contribution in [0.15, 0.2) is 79.0 Å². The van der Waals surface area contributed by atoms with Crippen LogP contribution in [0.1, 0.15) is 82.7 Å². The van der Waals surface area contributed by atoms with E-state index in [1.165, 1.54) is 40.8 Å². The second-order valence-corrected chi connectivity index (χ2v) is 20.8. The molecule has 6 atom stereocenters. The quantitative estimate of drug-likeness (QED) is 0.0302. The summed E-state index contributed by atoms with van der Waals surface area (Å²) in [6.45, 7) is 5.50. The summed E-state index contributed by atoms with van der Waals surface area (Å²) in [5, 5.41) is 30.7. The van der Waals surface area contributed by atoms with Crippen LogP contribution in [-0.4, -0.2) is 140 Å². The number of benzene rings is 3. The number of aromatic nitrogens is 2. The Kier molecular flexibility index (Phi) is 21.5. The highest BCUT2D eigenvalue weighted by atomic mass is 32.2. The molecule has 1 aliphatic rings. The van der Waals surface area contributed by atoms with E-state index in [9.17, 15) is 52.6 Å². The summed E-state index contributed by atoms with van der Waals surface area (Å²) in [5.74, 6) is -7.92. The van der Waals surface area contributed by atoms with Gasteiger partial charge in [-0.3, -0.25) is 43.3 Å². The number of aliphatic hydroxyl groups is 1. The number of carbonyl (C=O) groups is 9. The van der Waals surface area contributed by atoms with E-state index in [1.807, 2.05) is 51.1 Å². The number of carboxylic acids is 1. The molecular formula is C52H66F2N12O11S. The number of hydrogen-bond donors (Lipinski definition) is 9. The number of hydrogen-bond acceptors (Lipinski definition) is 14. The molecule has 4 aromatic rings. The molecule has 420 valence electrons. The lowest BCUT2D eigenvalue weighted by molar-refractivity contribution is -0.140. The third kappa shape index (κ3) is 16.1. The van der Waals surface area contributed by atoms with E-state index in [0.29, 0.717) is 11.3 Å². The summed E-state index contributed by atoms with van der Waals surface area (Å²) in [6, 6.07) is 10.7. The monoisotopic (exact) mass is 1100 g/mol. The number of anilines is 2. The number of thioether (sulfide) groups is 1. The van der Waals surface area contributed by atoms with Crippen LogP contribution in [0, 0.1) is 17.0 Å². The van der Waals surface area contributed by atoms with Crippen molar-refractivity contribution in [1.82, 2.24) is 30.6 Å². The minimum atomic E-state index is -1.35. The molecule has 5 rings (SSSR count). The van der Waals surface area contributed by atoms with Gasteiger partial charge in [0.05, 0.1) is 28.7 Å². The molecule has 26 heteroatoms. The standard InChI is InChI=1S/C52H66F2N12O11S/c1-29(48(73)65(38(46(57)71)11-8-20-60-51(58)77)33-13-15-34(16-14-33)66-42(69)25-40(49(66)74)78-28-37(56)50(75)76)61-41(68)18-21-59-47(72)36(55)19-22-63(43(70)27-67)45(52(2,3)4)44-31(23-30-9-6-5-7-10-30)26-64(62-44)39-24-32(53)12-17-35(39)54/h5-7,9-10,12-17,24,26,29,36-38,40,45,67H,8,11,18-23,25,27-28,55-56H2,1-4H3,(H2,57,71)(H,59,72)(H,61,68)(H,75,76)(H3,58,60,77)/t29-,36-,37-,38-,40?,45-/m0/s1. The zero-order valence-corrected chi connectivity index (χ0v) is 44.3. The predicted molar refractivity (Wildman–Crippen MR) is 284 cm³/mol. The molecule has 9 amide bonds. The Labute approximate surface area is 452 Å². The zero-order valence-electron chi connectivity index (χ0n) is 43.5. The van der Waals surface area contributed by atoms with Gasteiger partial charge in [-0.1, -0.05) is 51.1 Å². The summed E-state index contributed by atoms with van der Waals surface area (Å²) >= 11 is 0.929. The van der Waals surface area contributed by atoms with Crippen molar-refractivity contribution >= 4 is 76.5 Å². The van der Waals surface area contributed by atoms with Crippen LogP contribution in [0.3, 0.4) is 0 Å². The molecule has 2 heterocycles. The second-order valence-electron chi connectivity index (χ2n) is 19.6. The smallest absolute Gasteiger partial charge is 0.321 e. The van der Waals surface area contributed by atoms with Crippen molar-refractivity contribution in [3.8, 4) is 5.69 Å². The van der Waals surface area contributed by atoms with Gasteiger partial charge in [-0.05, 0) is 73.6 Å². The molecule has 1 aromatic heterocycles. The summed E-state index contributed by atoms with van der Waals surface area (Å²) in [5.41, 5.74) is 23.9. The Morgan fingerprint density at radius 1 is 0.910 bits per heavy atom. The van der Waals surface area contributed by atoms with Crippen molar-refractivity contribution < 1.29 is 62.1 Å². The molecule has 23 nitrogen and oxygen atoms in total. The van der Waals surface area contributed by atoms with Crippen molar-refractivity contribution in [3.05, 3.63) is 107 Å². The van der Waals surface area contributed by atoms with Gasteiger partial charge in [-0.15, -0.1) is 11.8 Å². The number of aliphatic hydroxyl groups excluding tert-OH is 1. The van der Waals surface area contributed by atoms with E-state index >= 15 is 4.39 Å². The minimum absolute atomic E-state index is 0.0126. The van der Waals surface area contributed by atoms with Gasteiger partial charge in [0.15, 0.2) is 0 Å². The van der Waals surface area contributed by atoms with Crippen LogP contribution >= 0.6 is 11.8 Å². The van der Waals surface area contributed by atoms with E-state index in [-0.39, 0.29) is 81.0 Å². The number of nitrogens with one attached hydrogen (secondary N) is 3. The molecule has 3 aromatic carbocycles. The van der Waals surface area contributed by atoms with E-state index in [4.69, 9.17) is 33.1 Å². The van der Waals surface area contributed by atoms with E-state index in [0.717, 1.165) is 45.3 Å². The maximum atomic E-state index is 15.2. The highest BCUT2D eigenvalue weighted by Gasteiger charge is 2.42. The molecule has 0 aliphatic carbocycles. The molecule has 13 N–H and O–H groups in total. The minimum Gasteiger partial charge on any atom is -0.480 e. The number of amides is 9. The van der Waals surface area contributed by atoms with Gasteiger partial charge < -0.3 is 54.0 Å². The van der Waals surface area contributed by atoms with Crippen molar-refractivity contribution in [2.45, 2.75) is 102 Å². The van der Waals surface area contributed by atoms with Crippen LogP contribution in [0.5, 0.6) is 0 Å². The number of nitrogens with two attached hydrogens (primary N) is 4. The van der Waals surface area contributed by atoms with Crippen LogP contribution < -0.4 is 48.7 Å². The fourth-order valence-electron chi connectivity index (χ4n) is 8.75. The average molecular weight is 1110 g/mol. The van der Waals surface area contributed by atoms with Crippen LogP contribution in [0.25, 0.3) is 5.69 Å². The summed E-state index contributed by atoms with van der Waals surface area (Å²) in [6.07, 6.45) is 1.16. The molecule has 1 unspecified atom stereocenters. The predicted octanol–water partition coefficient (Wildman–Crippen LogP) is 1.49. The first kappa shape index (κ1) is 61.0. The molecule has 0 radical (unpaired) electrons. The fraction of sp³-hybridized carbons (Fsp3) is 0.423. The van der Waals surface area contributed by atoms with E-state index in [1.54, 1.807) is 6.20 Å². The number of rotatable bonds is 27. The number of urea groups is 1. The highest BCUT2D eigenvalue weighted by molar-refractivity contribution is 8.00. The molecular weight excluding hydrogens is 1040 g/mol. The van der Waals surface area contributed by atoms with Crippen LogP contribution in [0.2, 0.25) is 0 Å². The number of aliphatic carboxylic acids is 1. The highest BCUT2D eigenvalue weighted by Crippen LogP contribution is 2.40. The Morgan fingerprint density at radius 3 is 2.21 bits per heavy atom. The van der Waals surface area contributed by atoms with Gasteiger partial charge in [0.1, 0.15) is 42.1 Å². The van der Waals surface area contributed by atoms with Crippen LogP contribution in [-0.2, 0) is 44.8 Å². The number of carbonyl (C=O) groups excluding carboxylic acids is 8. The Bertz CT molecular complexity index is 2830. The number of carboxylic acid groups (broad SMARTS) is 1. The van der Waals surface area contributed by atoms with Crippen molar-refractivity contribution in [1.29, 1.82) is 0 Å². The molecule has 1 saturated heterocycles. The number of nitrogens with zero attached hydrogens (tertiary/aromatic N) is 5. The third-order valence-corrected chi connectivity index (χ3v) is 13.9. The van der Waals surface area contributed by atoms with Gasteiger partial charge in [0.25, 0.3) is 0 Å². The zero-order chi connectivity index (χ0) is 57.6. The topological polar surface area (TPSA) is 362 Å². The first-order valence-corrected chi connectivity index (χ1v) is 25.9. The lowest BCUT2D eigenvalue weighted by atomic mass is 9.81. The molecule has 0 saturated carbocycles. The summed E-state index contributed by atoms with van der Waals surface area (Å²) < 4.78 is 30.8. The second kappa shape index (κ2) is 27.5. The third-order valence-electron chi connectivity index (χ3n) is 12.6. The SMILES string of the molecule is C[C@H](NC(=O)CCNC(=O)[C@@H](N)CCN(C(=O)CO)[C@@H](c1nn(-c2cc(F)ccc2F)cc1Cc1ccccc1)C(C)(C)C)C(=O)N(c1ccc(N2C(=O)CC(SC[C@H](N)C(=O)O)C2=O)cc1)[C@@H](CCCNC(N)=O)C(N)=O. The van der Waals surface area contributed by atoms with Gasteiger partial charge in [-0.2, -0.15) is 5.10 Å². The van der Waals surface area contributed by atoms with E-state index < -0.39 is 112 Å². The Hall–Kier alpha value is -7.81. The number of halogens is 2. The summed E-state index contributed by atoms with van der Waals surface area (Å²) in [7, 11) is 0. The van der Waals surface area contributed by atoms with Gasteiger partial charge in [-0.25, -0.2) is 23.2 Å². The summed E-state index contributed by atoms with van der Waals surface area (Å²) in [4.78, 5) is 120. The maximum Gasteiger partial charge on any atom is 0.321 e. The lowest BCUT2D eigenvalue weighted by Crippen LogP contribution is -2.55. The Balaban J connectivity index is 1.27. The molecule has 1 aliphatic heterocycles. The lowest BCUT2D eigenvalue weighted by Gasteiger charge is -2.40. The Morgan fingerprint density at radius 2 is 1.59 bits per heavy atom. The maximum absolute atomic E-state index is 15.2. The van der Waals surface area contributed by atoms with Gasteiger partial charge >= 0.3 is 12.0 Å². The largest absolute Gasteiger partial charge is 0.480 e. The van der Waals surface area contributed by atoms with Crippen molar-refractivity contribution in [2.24, 2.45) is 28.3 Å². The van der Waals surface area contributed by atoms with Crippen molar-refractivity contribution in [3.63, 3.8) is 0 Å². The molecule has 0 bridgehead atoms.